The molecule has 0 aromatic carbocycles. The van der Waals surface area contributed by atoms with Gasteiger partial charge in [-0.05, 0) is 49.3 Å². The molecule has 1 atom stereocenters. The average molecular weight is 289 g/mol. The average Bonchev–Trinajstić information content (AvgIpc) is 2.71. The summed E-state index contributed by atoms with van der Waals surface area (Å²) in [6, 6.07) is 6.41. The second-order valence-corrected chi connectivity index (χ2v) is 7.25. The van der Waals surface area contributed by atoms with Gasteiger partial charge in [-0.25, -0.2) is 4.98 Å². The van der Waals surface area contributed by atoms with E-state index in [1.807, 2.05) is 0 Å². The van der Waals surface area contributed by atoms with E-state index in [4.69, 9.17) is 4.98 Å². The van der Waals surface area contributed by atoms with Crippen LogP contribution in [-0.2, 0) is 6.54 Å². The fourth-order valence-electron chi connectivity index (χ4n) is 3.19. The lowest BCUT2D eigenvalue weighted by Gasteiger charge is -2.30. The van der Waals surface area contributed by atoms with Crippen LogP contribution in [0.2, 0.25) is 0 Å². The smallest absolute Gasteiger partial charge is 0.128 e. The van der Waals surface area contributed by atoms with Crippen molar-refractivity contribution in [3.8, 4) is 0 Å². The maximum absolute atomic E-state index is 4.83. The van der Waals surface area contributed by atoms with Gasteiger partial charge < -0.3 is 10.2 Å². The number of hydrogen-bond donors (Lipinski definition) is 1. The fourth-order valence-corrected chi connectivity index (χ4v) is 3.19. The molecule has 1 aliphatic heterocycles. The summed E-state index contributed by atoms with van der Waals surface area (Å²) in [7, 11) is 0. The maximum atomic E-state index is 4.83. The largest absolute Gasteiger partial charge is 0.357 e. The highest BCUT2D eigenvalue weighted by Gasteiger charge is 2.27. The number of nitrogens with zero attached hydrogens (tertiary/aromatic N) is 2. The predicted molar refractivity (Wildman–Crippen MR) is 90.6 cm³/mol. The summed E-state index contributed by atoms with van der Waals surface area (Å²) in [5, 5.41) is 3.35. The van der Waals surface area contributed by atoms with E-state index in [1.54, 1.807) is 0 Å². The molecule has 0 aliphatic carbocycles. The van der Waals surface area contributed by atoms with E-state index in [2.05, 4.69) is 56.1 Å². The molecule has 3 heteroatoms. The van der Waals surface area contributed by atoms with Gasteiger partial charge in [0.15, 0.2) is 0 Å². The fraction of sp³-hybridized carbons (Fsp3) is 0.722. The Morgan fingerprint density at radius 3 is 2.76 bits per heavy atom. The zero-order valence-electron chi connectivity index (χ0n) is 14.2. The van der Waals surface area contributed by atoms with Crippen molar-refractivity contribution in [1.82, 2.24) is 10.3 Å². The van der Waals surface area contributed by atoms with Gasteiger partial charge in [0, 0.05) is 19.6 Å². The Bertz CT molecular complexity index is 436. The zero-order valence-corrected chi connectivity index (χ0v) is 14.2. The Balaban J connectivity index is 2.02. The van der Waals surface area contributed by atoms with Gasteiger partial charge >= 0.3 is 0 Å². The highest BCUT2D eigenvalue weighted by atomic mass is 15.2. The first kappa shape index (κ1) is 16.3. The first-order chi connectivity index (χ1) is 10.0. The van der Waals surface area contributed by atoms with E-state index in [0.29, 0.717) is 5.41 Å². The van der Waals surface area contributed by atoms with Gasteiger partial charge in [0.1, 0.15) is 5.82 Å². The SMILES string of the molecule is CCNCc1cccc(N2CCCC(C(C)(C)C)CC2)n1. The summed E-state index contributed by atoms with van der Waals surface area (Å²) in [6.07, 6.45) is 3.90. The number of pyridine rings is 1. The molecular formula is C18H31N3. The second-order valence-electron chi connectivity index (χ2n) is 7.25. The molecule has 1 saturated heterocycles. The van der Waals surface area contributed by atoms with Gasteiger partial charge in [-0.3, -0.25) is 0 Å². The van der Waals surface area contributed by atoms with Gasteiger partial charge in [0.05, 0.1) is 5.69 Å². The van der Waals surface area contributed by atoms with Crippen molar-refractivity contribution < 1.29 is 0 Å². The van der Waals surface area contributed by atoms with Crippen molar-refractivity contribution in [3.05, 3.63) is 23.9 Å². The van der Waals surface area contributed by atoms with Crippen molar-refractivity contribution >= 4 is 5.82 Å². The highest BCUT2D eigenvalue weighted by molar-refractivity contribution is 5.39. The van der Waals surface area contributed by atoms with E-state index < -0.39 is 0 Å². The van der Waals surface area contributed by atoms with Crippen molar-refractivity contribution in [2.75, 3.05) is 24.5 Å². The molecule has 2 heterocycles. The minimum Gasteiger partial charge on any atom is -0.357 e. The molecule has 0 radical (unpaired) electrons. The summed E-state index contributed by atoms with van der Waals surface area (Å²) >= 11 is 0. The molecule has 21 heavy (non-hydrogen) atoms. The molecular weight excluding hydrogens is 258 g/mol. The second kappa shape index (κ2) is 7.26. The molecule has 118 valence electrons. The van der Waals surface area contributed by atoms with Gasteiger partial charge in [-0.15, -0.1) is 0 Å². The summed E-state index contributed by atoms with van der Waals surface area (Å²) < 4.78 is 0. The van der Waals surface area contributed by atoms with Crippen LogP contribution >= 0.6 is 0 Å². The van der Waals surface area contributed by atoms with Gasteiger partial charge in [-0.2, -0.15) is 0 Å². The van der Waals surface area contributed by atoms with Crippen LogP contribution in [0, 0.1) is 11.3 Å². The van der Waals surface area contributed by atoms with Crippen LogP contribution in [0.1, 0.15) is 52.7 Å². The third-order valence-corrected chi connectivity index (χ3v) is 4.63. The topological polar surface area (TPSA) is 28.2 Å². The molecule has 1 fully saturated rings. The molecule has 1 aliphatic rings. The molecule has 0 spiro atoms. The Morgan fingerprint density at radius 2 is 2.05 bits per heavy atom. The van der Waals surface area contributed by atoms with Crippen LogP contribution in [0.5, 0.6) is 0 Å². The van der Waals surface area contributed by atoms with Gasteiger partial charge in [0.2, 0.25) is 0 Å². The third-order valence-electron chi connectivity index (χ3n) is 4.63. The maximum Gasteiger partial charge on any atom is 0.128 e. The Kier molecular flexibility index (Phi) is 5.63. The normalized spacial score (nSPS) is 20.4. The van der Waals surface area contributed by atoms with Crippen LogP contribution in [0.3, 0.4) is 0 Å². The van der Waals surface area contributed by atoms with E-state index in [0.717, 1.165) is 43.6 Å². The van der Waals surface area contributed by atoms with E-state index >= 15 is 0 Å². The first-order valence-electron chi connectivity index (χ1n) is 8.42. The highest BCUT2D eigenvalue weighted by Crippen LogP contribution is 2.34. The molecule has 3 nitrogen and oxygen atoms in total. The number of rotatable bonds is 4. The number of hydrogen-bond acceptors (Lipinski definition) is 3. The molecule has 1 aromatic heterocycles. The first-order valence-corrected chi connectivity index (χ1v) is 8.42. The van der Waals surface area contributed by atoms with E-state index in [-0.39, 0.29) is 0 Å². The molecule has 0 amide bonds. The Labute approximate surface area is 130 Å². The molecule has 0 saturated carbocycles. The van der Waals surface area contributed by atoms with Crippen LogP contribution < -0.4 is 10.2 Å². The van der Waals surface area contributed by atoms with E-state index in [1.165, 1.54) is 19.3 Å². The summed E-state index contributed by atoms with van der Waals surface area (Å²) in [6.45, 7) is 13.4. The van der Waals surface area contributed by atoms with Crippen LogP contribution in [-0.4, -0.2) is 24.6 Å². The summed E-state index contributed by atoms with van der Waals surface area (Å²) in [5.41, 5.74) is 1.57. The van der Waals surface area contributed by atoms with Crippen molar-refractivity contribution in [1.29, 1.82) is 0 Å². The zero-order chi connectivity index (χ0) is 15.3. The van der Waals surface area contributed by atoms with Gasteiger partial charge in [-0.1, -0.05) is 33.8 Å². The van der Waals surface area contributed by atoms with Crippen LogP contribution in [0.25, 0.3) is 0 Å². The number of anilines is 1. The lowest BCUT2D eigenvalue weighted by molar-refractivity contribution is 0.220. The number of nitrogens with one attached hydrogen (secondary N) is 1. The Morgan fingerprint density at radius 1 is 1.24 bits per heavy atom. The summed E-state index contributed by atoms with van der Waals surface area (Å²) in [4.78, 5) is 7.30. The standard InChI is InChI=1S/C18H31N3/c1-5-19-14-16-9-6-10-17(20-16)21-12-7-8-15(11-13-21)18(2,3)4/h6,9-10,15,19H,5,7-8,11-14H2,1-4H3. The minimum absolute atomic E-state index is 0.427. The molecule has 0 bridgehead atoms. The van der Waals surface area contributed by atoms with Gasteiger partial charge in [0.25, 0.3) is 0 Å². The van der Waals surface area contributed by atoms with Crippen LogP contribution in [0.4, 0.5) is 5.82 Å². The Hall–Kier alpha value is -1.09. The molecule has 1 aromatic rings. The molecule has 1 N–H and O–H groups in total. The third kappa shape index (κ3) is 4.70. The molecule has 2 rings (SSSR count). The minimum atomic E-state index is 0.427. The van der Waals surface area contributed by atoms with Crippen molar-refractivity contribution in [2.45, 2.75) is 53.5 Å². The summed E-state index contributed by atoms with van der Waals surface area (Å²) in [5.74, 6) is 1.98. The van der Waals surface area contributed by atoms with Crippen LogP contribution in [0.15, 0.2) is 18.2 Å². The monoisotopic (exact) mass is 289 g/mol. The predicted octanol–water partition coefficient (Wildman–Crippen LogP) is 3.84. The lowest BCUT2D eigenvalue weighted by Crippen LogP contribution is -2.27. The quantitative estimate of drug-likeness (QED) is 0.912. The lowest BCUT2D eigenvalue weighted by atomic mass is 9.77. The van der Waals surface area contributed by atoms with Crippen molar-refractivity contribution in [3.63, 3.8) is 0 Å². The van der Waals surface area contributed by atoms with E-state index in [9.17, 15) is 0 Å². The molecule has 1 unspecified atom stereocenters. The van der Waals surface area contributed by atoms with Crippen molar-refractivity contribution in [2.24, 2.45) is 11.3 Å². The number of aromatic nitrogens is 1.